The van der Waals surface area contributed by atoms with Crippen LogP contribution in [0.25, 0.3) is 0 Å². The monoisotopic (exact) mass is 342 g/mol. The van der Waals surface area contributed by atoms with Gasteiger partial charge in [-0.15, -0.1) is 11.3 Å². The highest BCUT2D eigenvalue weighted by Crippen LogP contribution is 2.36. The van der Waals surface area contributed by atoms with E-state index < -0.39 is 28.8 Å². The first-order chi connectivity index (χ1) is 9.74. The number of rotatable bonds is 7. The van der Waals surface area contributed by atoms with Crippen molar-refractivity contribution in [1.29, 1.82) is 0 Å². The normalized spacial score (nSPS) is 16.6. The van der Waals surface area contributed by atoms with Crippen molar-refractivity contribution in [3.05, 3.63) is 17.0 Å². The Morgan fingerprint density at radius 2 is 2.05 bits per heavy atom. The lowest BCUT2D eigenvalue weighted by Crippen LogP contribution is -2.40. The molecule has 2 rings (SSSR count). The Morgan fingerprint density at radius 3 is 2.57 bits per heavy atom. The number of nitrogens with zero attached hydrogens (tertiary/aromatic N) is 1. The molecular weight excluding hydrogens is 325 g/mol. The van der Waals surface area contributed by atoms with Crippen LogP contribution in [0.3, 0.4) is 0 Å². The highest BCUT2D eigenvalue weighted by Gasteiger charge is 2.45. The highest BCUT2D eigenvalue weighted by molar-refractivity contribution is 7.91. The van der Waals surface area contributed by atoms with Crippen LogP contribution in [0, 0.1) is 0 Å². The number of sulfonamides is 1. The maximum Gasteiger partial charge on any atom is 0.402 e. The molecule has 9 heteroatoms. The number of likely N-dealkylation sites (N-methyl/N-ethyl adjacent to an activating group) is 1. The Kier molecular flexibility index (Phi) is 4.96. The zero-order valence-corrected chi connectivity index (χ0v) is 13.1. The molecule has 0 aliphatic heterocycles. The minimum atomic E-state index is -4.53. The zero-order valence-electron chi connectivity index (χ0n) is 11.5. The summed E-state index contributed by atoms with van der Waals surface area (Å²) in [6, 6.07) is 2.55. The third-order valence-corrected chi connectivity index (χ3v) is 6.62. The van der Waals surface area contributed by atoms with Crippen molar-refractivity contribution in [3.8, 4) is 0 Å². The molecule has 0 radical (unpaired) electrons. The fourth-order valence-electron chi connectivity index (χ4n) is 1.94. The van der Waals surface area contributed by atoms with Gasteiger partial charge in [0.2, 0.25) is 0 Å². The van der Waals surface area contributed by atoms with E-state index in [1.165, 1.54) is 6.07 Å². The van der Waals surface area contributed by atoms with Gasteiger partial charge in [0.25, 0.3) is 10.0 Å². The molecule has 0 amide bonds. The summed E-state index contributed by atoms with van der Waals surface area (Å²) in [5.41, 5.74) is 0. The Bertz CT molecular complexity index is 580. The van der Waals surface area contributed by atoms with Crippen molar-refractivity contribution in [1.82, 2.24) is 9.62 Å². The van der Waals surface area contributed by atoms with Gasteiger partial charge in [-0.2, -0.15) is 17.5 Å². The van der Waals surface area contributed by atoms with Crippen LogP contribution >= 0.6 is 11.3 Å². The van der Waals surface area contributed by atoms with E-state index in [0.29, 0.717) is 30.1 Å². The Balaban J connectivity index is 2.20. The largest absolute Gasteiger partial charge is 0.402 e. The third-order valence-electron chi connectivity index (χ3n) is 3.11. The van der Waals surface area contributed by atoms with Gasteiger partial charge in [-0.1, -0.05) is 0 Å². The van der Waals surface area contributed by atoms with Crippen LogP contribution in [0.2, 0.25) is 0 Å². The molecule has 1 aliphatic rings. The topological polar surface area (TPSA) is 49.4 Å². The van der Waals surface area contributed by atoms with Crippen LogP contribution in [-0.4, -0.2) is 45.1 Å². The number of halogens is 3. The molecule has 0 saturated heterocycles. The molecule has 0 bridgehead atoms. The summed E-state index contributed by atoms with van der Waals surface area (Å²) < 4.78 is 63.2. The Labute approximate surface area is 126 Å². The Morgan fingerprint density at radius 1 is 1.38 bits per heavy atom. The number of hydrogen-bond acceptors (Lipinski definition) is 4. The van der Waals surface area contributed by atoms with E-state index in [9.17, 15) is 21.6 Å². The van der Waals surface area contributed by atoms with E-state index >= 15 is 0 Å². The minimum absolute atomic E-state index is 0.00949. The van der Waals surface area contributed by atoms with E-state index in [1.54, 1.807) is 13.1 Å². The standard InChI is InChI=1S/C12H17F3N2O2S2/c1-16-7-6-10-4-5-11(20-10)21(18,19)17(9-2-3-9)8-12(13,14)15/h4-5,9,16H,2-3,6-8H2,1H3. The van der Waals surface area contributed by atoms with Crippen molar-refractivity contribution in [2.45, 2.75) is 35.7 Å². The summed E-state index contributed by atoms with van der Waals surface area (Å²) in [4.78, 5) is 0.839. The van der Waals surface area contributed by atoms with Crippen LogP contribution in [-0.2, 0) is 16.4 Å². The maximum absolute atomic E-state index is 12.6. The van der Waals surface area contributed by atoms with Gasteiger partial charge in [-0.25, -0.2) is 8.42 Å². The number of alkyl halides is 3. The summed E-state index contributed by atoms with van der Waals surface area (Å²) in [5.74, 6) is 0. The van der Waals surface area contributed by atoms with E-state index in [0.717, 1.165) is 16.2 Å². The lowest BCUT2D eigenvalue weighted by Gasteiger charge is -2.22. The first-order valence-electron chi connectivity index (χ1n) is 6.56. The summed E-state index contributed by atoms with van der Waals surface area (Å²) in [7, 11) is -2.28. The second-order valence-electron chi connectivity index (χ2n) is 4.97. The molecule has 0 atom stereocenters. The second kappa shape index (κ2) is 6.23. The fourth-order valence-corrected chi connectivity index (χ4v) is 5.10. The van der Waals surface area contributed by atoms with Crippen molar-refractivity contribution >= 4 is 21.4 Å². The van der Waals surface area contributed by atoms with Gasteiger partial charge in [-0.3, -0.25) is 0 Å². The molecule has 0 aromatic carbocycles. The van der Waals surface area contributed by atoms with Crippen LogP contribution in [0.4, 0.5) is 13.2 Å². The Hall–Kier alpha value is -0.640. The van der Waals surface area contributed by atoms with Crippen LogP contribution < -0.4 is 5.32 Å². The smallest absolute Gasteiger partial charge is 0.319 e. The summed E-state index contributed by atoms with van der Waals surface area (Å²) in [6.45, 7) is -0.724. The zero-order chi connectivity index (χ0) is 15.7. The summed E-state index contributed by atoms with van der Waals surface area (Å²) >= 11 is 1.04. The molecule has 1 aromatic rings. The summed E-state index contributed by atoms with van der Waals surface area (Å²) in [5, 5.41) is 2.94. The number of thiophene rings is 1. The molecular formula is C12H17F3N2O2S2. The van der Waals surface area contributed by atoms with Gasteiger partial charge in [-0.05, 0) is 45.0 Å². The van der Waals surface area contributed by atoms with Crippen molar-refractivity contribution in [2.75, 3.05) is 20.1 Å². The molecule has 21 heavy (non-hydrogen) atoms. The predicted octanol–water partition coefficient (Wildman–Crippen LogP) is 2.23. The molecule has 0 unspecified atom stereocenters. The van der Waals surface area contributed by atoms with Gasteiger partial charge in [0.1, 0.15) is 10.8 Å². The second-order valence-corrected chi connectivity index (χ2v) is 8.26. The molecule has 1 saturated carbocycles. The lowest BCUT2D eigenvalue weighted by molar-refractivity contribution is -0.136. The number of nitrogens with one attached hydrogen (secondary N) is 1. The molecule has 1 aromatic heterocycles. The first kappa shape index (κ1) is 16.7. The summed E-state index contributed by atoms with van der Waals surface area (Å²) in [6.07, 6.45) is -2.89. The average molecular weight is 342 g/mol. The predicted molar refractivity (Wildman–Crippen MR) is 74.9 cm³/mol. The van der Waals surface area contributed by atoms with E-state index in [4.69, 9.17) is 0 Å². The van der Waals surface area contributed by atoms with Crippen LogP contribution in [0.1, 0.15) is 17.7 Å². The van der Waals surface area contributed by atoms with Crippen LogP contribution in [0.15, 0.2) is 16.3 Å². The average Bonchev–Trinajstić information content (AvgIpc) is 3.10. The van der Waals surface area contributed by atoms with Crippen LogP contribution in [0.5, 0.6) is 0 Å². The molecule has 1 fully saturated rings. The van der Waals surface area contributed by atoms with Crippen molar-refractivity contribution in [3.63, 3.8) is 0 Å². The SMILES string of the molecule is CNCCc1ccc(S(=O)(=O)N(CC(F)(F)F)C2CC2)s1. The molecule has 1 aliphatic carbocycles. The van der Waals surface area contributed by atoms with E-state index in [2.05, 4.69) is 5.32 Å². The molecule has 120 valence electrons. The van der Waals surface area contributed by atoms with Gasteiger partial charge in [0, 0.05) is 10.9 Å². The lowest BCUT2D eigenvalue weighted by atomic mass is 10.3. The minimum Gasteiger partial charge on any atom is -0.319 e. The molecule has 4 nitrogen and oxygen atoms in total. The van der Waals surface area contributed by atoms with Gasteiger partial charge >= 0.3 is 6.18 Å². The van der Waals surface area contributed by atoms with E-state index in [1.807, 2.05) is 0 Å². The van der Waals surface area contributed by atoms with Gasteiger partial charge < -0.3 is 5.32 Å². The molecule has 0 spiro atoms. The molecule has 1 N–H and O–H groups in total. The van der Waals surface area contributed by atoms with Gasteiger partial charge in [0.05, 0.1) is 0 Å². The molecule has 1 heterocycles. The number of hydrogen-bond donors (Lipinski definition) is 1. The third kappa shape index (κ3) is 4.41. The van der Waals surface area contributed by atoms with E-state index in [-0.39, 0.29) is 4.21 Å². The van der Waals surface area contributed by atoms with Crippen molar-refractivity contribution in [2.24, 2.45) is 0 Å². The fraction of sp³-hybridized carbons (Fsp3) is 0.667. The highest BCUT2D eigenvalue weighted by atomic mass is 32.2. The van der Waals surface area contributed by atoms with Crippen molar-refractivity contribution < 1.29 is 21.6 Å². The maximum atomic E-state index is 12.6. The van der Waals surface area contributed by atoms with Gasteiger partial charge in [0.15, 0.2) is 0 Å². The quantitative estimate of drug-likeness (QED) is 0.827. The first-order valence-corrected chi connectivity index (χ1v) is 8.81.